The van der Waals surface area contributed by atoms with Gasteiger partial charge in [0, 0.05) is 33.1 Å². The predicted octanol–water partition coefficient (Wildman–Crippen LogP) is 3.30. The van der Waals surface area contributed by atoms with Crippen molar-refractivity contribution in [2.24, 2.45) is 7.05 Å². The SMILES string of the molecule is CCCn1c(=O)n(C)c(=O)c2c(S[C@H](C)C(=O)N(C)Cc3cccc(F)c3)nc(C(C)C)nc21. The number of nitrogens with zero attached hydrogens (tertiary/aromatic N) is 5. The molecule has 8 nitrogen and oxygen atoms in total. The van der Waals surface area contributed by atoms with Crippen LogP contribution in [0.25, 0.3) is 11.0 Å². The fraction of sp³-hybridized carbons (Fsp3) is 0.458. The molecule has 3 rings (SSSR count). The molecule has 0 bridgehead atoms. The molecule has 1 aromatic carbocycles. The Labute approximate surface area is 201 Å². The maximum absolute atomic E-state index is 13.5. The quantitative estimate of drug-likeness (QED) is 0.358. The molecule has 0 aliphatic carbocycles. The van der Waals surface area contributed by atoms with Crippen LogP contribution in [0.4, 0.5) is 4.39 Å². The van der Waals surface area contributed by atoms with Crippen LogP contribution in [-0.4, -0.2) is 42.2 Å². The fourth-order valence-corrected chi connectivity index (χ4v) is 4.70. The van der Waals surface area contributed by atoms with Gasteiger partial charge in [-0.25, -0.2) is 19.2 Å². The molecular weight excluding hydrogens is 457 g/mol. The summed E-state index contributed by atoms with van der Waals surface area (Å²) >= 11 is 1.17. The topological polar surface area (TPSA) is 90.1 Å². The fourth-order valence-electron chi connectivity index (χ4n) is 3.64. The summed E-state index contributed by atoms with van der Waals surface area (Å²) in [6.45, 7) is 8.21. The van der Waals surface area contributed by atoms with Crippen LogP contribution in [0.5, 0.6) is 0 Å². The lowest BCUT2D eigenvalue weighted by Crippen LogP contribution is -2.39. The van der Waals surface area contributed by atoms with Gasteiger partial charge in [0.25, 0.3) is 5.56 Å². The Hall–Kier alpha value is -3.01. The average molecular weight is 488 g/mol. The van der Waals surface area contributed by atoms with Crippen molar-refractivity contribution in [2.45, 2.75) is 63.4 Å². The van der Waals surface area contributed by atoms with E-state index in [1.807, 2.05) is 20.8 Å². The van der Waals surface area contributed by atoms with Gasteiger partial charge in [-0.15, -0.1) is 0 Å². The number of amides is 1. The first-order valence-corrected chi connectivity index (χ1v) is 12.1. The number of aryl methyl sites for hydroxylation is 1. The molecule has 34 heavy (non-hydrogen) atoms. The Morgan fingerprint density at radius 2 is 1.91 bits per heavy atom. The average Bonchev–Trinajstić information content (AvgIpc) is 2.79. The monoisotopic (exact) mass is 487 g/mol. The van der Waals surface area contributed by atoms with Gasteiger partial charge < -0.3 is 4.90 Å². The van der Waals surface area contributed by atoms with Gasteiger partial charge in [-0.2, -0.15) is 0 Å². The highest BCUT2D eigenvalue weighted by Gasteiger charge is 2.25. The lowest BCUT2D eigenvalue weighted by molar-refractivity contribution is -0.129. The molecule has 0 fully saturated rings. The summed E-state index contributed by atoms with van der Waals surface area (Å²) in [4.78, 5) is 49.7. The van der Waals surface area contributed by atoms with Gasteiger partial charge >= 0.3 is 5.69 Å². The van der Waals surface area contributed by atoms with Crippen molar-refractivity contribution in [2.75, 3.05) is 7.05 Å². The summed E-state index contributed by atoms with van der Waals surface area (Å²) in [5, 5.41) is 0.0319. The van der Waals surface area contributed by atoms with Crippen molar-refractivity contribution in [3.05, 3.63) is 62.3 Å². The minimum atomic E-state index is -0.576. The molecule has 0 saturated carbocycles. The second kappa shape index (κ2) is 10.5. The first-order chi connectivity index (χ1) is 16.0. The summed E-state index contributed by atoms with van der Waals surface area (Å²) in [6, 6.07) is 6.11. The van der Waals surface area contributed by atoms with E-state index in [2.05, 4.69) is 9.97 Å². The van der Waals surface area contributed by atoms with E-state index in [4.69, 9.17) is 0 Å². The number of aromatic nitrogens is 4. The molecule has 1 atom stereocenters. The molecule has 0 unspecified atom stereocenters. The van der Waals surface area contributed by atoms with Crippen LogP contribution in [-0.2, 0) is 24.9 Å². The molecule has 0 aliphatic rings. The van der Waals surface area contributed by atoms with Crippen molar-refractivity contribution in [1.82, 2.24) is 24.0 Å². The Balaban J connectivity index is 2.03. The zero-order chi connectivity index (χ0) is 25.2. The Bertz CT molecular complexity index is 1330. The summed E-state index contributed by atoms with van der Waals surface area (Å²) in [7, 11) is 3.09. The molecule has 10 heteroatoms. The Morgan fingerprint density at radius 1 is 1.21 bits per heavy atom. The number of rotatable bonds is 8. The third kappa shape index (κ3) is 5.22. The molecule has 0 radical (unpaired) electrons. The minimum absolute atomic E-state index is 0.0420. The third-order valence-electron chi connectivity index (χ3n) is 5.45. The van der Waals surface area contributed by atoms with Crippen LogP contribution in [0, 0.1) is 5.82 Å². The Kier molecular flexibility index (Phi) is 7.91. The normalized spacial score (nSPS) is 12.4. The van der Waals surface area contributed by atoms with Crippen molar-refractivity contribution in [3.8, 4) is 0 Å². The lowest BCUT2D eigenvalue weighted by Gasteiger charge is -2.22. The second-order valence-electron chi connectivity index (χ2n) is 8.62. The summed E-state index contributed by atoms with van der Waals surface area (Å²) in [5.41, 5.74) is 0.0598. The molecule has 0 aliphatic heterocycles. The zero-order valence-corrected chi connectivity index (χ0v) is 21.1. The van der Waals surface area contributed by atoms with Gasteiger partial charge in [0.15, 0.2) is 5.65 Å². The number of hydrogen-bond acceptors (Lipinski definition) is 6. The van der Waals surface area contributed by atoms with Gasteiger partial charge in [0.1, 0.15) is 22.1 Å². The number of thioether (sulfide) groups is 1. The maximum Gasteiger partial charge on any atom is 0.332 e. The first kappa shape index (κ1) is 25.6. The van der Waals surface area contributed by atoms with Crippen LogP contribution in [0.15, 0.2) is 38.9 Å². The third-order valence-corrected chi connectivity index (χ3v) is 6.52. The van der Waals surface area contributed by atoms with Crippen LogP contribution in [0.3, 0.4) is 0 Å². The van der Waals surface area contributed by atoms with Crippen molar-refractivity contribution < 1.29 is 9.18 Å². The van der Waals surface area contributed by atoms with E-state index in [1.54, 1.807) is 26.1 Å². The van der Waals surface area contributed by atoms with Gasteiger partial charge in [-0.1, -0.05) is 44.7 Å². The highest BCUT2D eigenvalue weighted by molar-refractivity contribution is 8.00. The number of carbonyl (C=O) groups is 1. The summed E-state index contributed by atoms with van der Waals surface area (Å²) < 4.78 is 16.1. The van der Waals surface area contributed by atoms with E-state index < -0.39 is 16.5 Å². The molecule has 3 aromatic rings. The number of hydrogen-bond donors (Lipinski definition) is 0. The summed E-state index contributed by atoms with van der Waals surface area (Å²) in [6.07, 6.45) is 0.691. The number of carbonyl (C=O) groups excluding carboxylic acids is 1. The molecule has 2 aromatic heterocycles. The Morgan fingerprint density at radius 3 is 2.53 bits per heavy atom. The molecule has 2 heterocycles. The molecule has 0 N–H and O–H groups in total. The van der Waals surface area contributed by atoms with Gasteiger partial charge in [0.2, 0.25) is 5.91 Å². The van der Waals surface area contributed by atoms with Gasteiger partial charge in [-0.05, 0) is 31.0 Å². The predicted molar refractivity (Wildman–Crippen MR) is 132 cm³/mol. The van der Waals surface area contributed by atoms with E-state index in [0.29, 0.717) is 35.0 Å². The van der Waals surface area contributed by atoms with E-state index in [1.165, 1.54) is 40.4 Å². The van der Waals surface area contributed by atoms with Crippen molar-refractivity contribution in [1.29, 1.82) is 0 Å². The molecular formula is C24H30FN5O3S. The van der Waals surface area contributed by atoms with Crippen molar-refractivity contribution in [3.63, 3.8) is 0 Å². The first-order valence-electron chi connectivity index (χ1n) is 11.2. The zero-order valence-electron chi connectivity index (χ0n) is 20.3. The van der Waals surface area contributed by atoms with E-state index in [0.717, 1.165) is 4.57 Å². The van der Waals surface area contributed by atoms with Crippen LogP contribution >= 0.6 is 11.8 Å². The lowest BCUT2D eigenvalue weighted by atomic mass is 10.2. The smallest absolute Gasteiger partial charge is 0.332 e. The highest BCUT2D eigenvalue weighted by atomic mass is 32.2. The van der Waals surface area contributed by atoms with E-state index in [9.17, 15) is 18.8 Å². The second-order valence-corrected chi connectivity index (χ2v) is 9.95. The molecule has 0 spiro atoms. The maximum atomic E-state index is 13.5. The molecule has 1 amide bonds. The molecule has 182 valence electrons. The number of halogens is 1. The van der Waals surface area contributed by atoms with Crippen molar-refractivity contribution >= 4 is 28.7 Å². The van der Waals surface area contributed by atoms with Crippen LogP contribution in [0.1, 0.15) is 51.4 Å². The number of benzene rings is 1. The summed E-state index contributed by atoms with van der Waals surface area (Å²) in [5.74, 6) is -0.0887. The highest BCUT2D eigenvalue weighted by Crippen LogP contribution is 2.29. The minimum Gasteiger partial charge on any atom is -0.340 e. The van der Waals surface area contributed by atoms with E-state index >= 15 is 0 Å². The van der Waals surface area contributed by atoms with Gasteiger partial charge in [0.05, 0.1) is 5.25 Å². The van der Waals surface area contributed by atoms with Crippen LogP contribution in [0.2, 0.25) is 0 Å². The largest absolute Gasteiger partial charge is 0.340 e. The van der Waals surface area contributed by atoms with Crippen LogP contribution < -0.4 is 11.2 Å². The van der Waals surface area contributed by atoms with E-state index in [-0.39, 0.29) is 29.6 Å². The standard InChI is InChI=1S/C24H30FN5O3S/c1-7-11-30-20-18(23(32)29(6)24(30)33)21(27-19(26-20)14(2)3)34-15(4)22(31)28(5)13-16-9-8-10-17(25)12-16/h8-10,12,14-15H,7,11,13H2,1-6H3/t15-/m1/s1. The van der Waals surface area contributed by atoms with Gasteiger partial charge in [-0.3, -0.25) is 18.7 Å². The molecule has 0 saturated heterocycles. The number of fused-ring (bicyclic) bond motifs is 1.